The van der Waals surface area contributed by atoms with Crippen LogP contribution in [0.4, 0.5) is 4.79 Å². The fourth-order valence-corrected chi connectivity index (χ4v) is 2.55. The zero-order valence-corrected chi connectivity index (χ0v) is 16.4. The molecule has 0 saturated carbocycles. The van der Waals surface area contributed by atoms with Crippen LogP contribution in [0.25, 0.3) is 0 Å². The van der Waals surface area contributed by atoms with E-state index < -0.39 is 29.8 Å². The molecule has 0 fully saturated rings. The van der Waals surface area contributed by atoms with E-state index in [1.165, 1.54) is 0 Å². The predicted molar refractivity (Wildman–Crippen MR) is 106 cm³/mol. The molecule has 0 spiro atoms. The third-order valence-electron chi connectivity index (χ3n) is 3.86. The van der Waals surface area contributed by atoms with Gasteiger partial charge in [0, 0.05) is 0 Å². The lowest BCUT2D eigenvalue weighted by Crippen LogP contribution is -2.48. The molecule has 2 N–H and O–H groups in total. The number of aliphatic hydroxyl groups excluding tert-OH is 1. The van der Waals surface area contributed by atoms with Crippen LogP contribution in [-0.4, -0.2) is 41.5 Å². The SMILES string of the molecule is CC(C)(C)OC(=O)NC(Cc1ccccc1)C(O)COC(=O)c1ccccc1. The molecule has 6 heteroatoms. The van der Waals surface area contributed by atoms with E-state index in [1.54, 1.807) is 51.1 Å². The average Bonchev–Trinajstić information content (AvgIpc) is 2.65. The molecule has 6 nitrogen and oxygen atoms in total. The highest BCUT2D eigenvalue weighted by atomic mass is 16.6. The number of amides is 1. The van der Waals surface area contributed by atoms with Crippen LogP contribution in [0.5, 0.6) is 0 Å². The summed E-state index contributed by atoms with van der Waals surface area (Å²) in [5.41, 5.74) is 0.665. The summed E-state index contributed by atoms with van der Waals surface area (Å²) < 4.78 is 10.5. The second-order valence-corrected chi connectivity index (χ2v) is 7.47. The van der Waals surface area contributed by atoms with Crippen molar-refractivity contribution < 1.29 is 24.2 Å². The Balaban J connectivity index is 2.02. The first kappa shape index (κ1) is 21.4. The third kappa shape index (κ3) is 7.40. The van der Waals surface area contributed by atoms with E-state index in [0.717, 1.165) is 5.56 Å². The largest absolute Gasteiger partial charge is 0.459 e. The first-order chi connectivity index (χ1) is 13.2. The number of rotatable bonds is 7. The van der Waals surface area contributed by atoms with Crippen molar-refractivity contribution in [2.45, 2.75) is 44.9 Å². The molecule has 2 unspecified atom stereocenters. The Bertz CT molecular complexity index is 756. The van der Waals surface area contributed by atoms with Crippen molar-refractivity contribution in [1.29, 1.82) is 0 Å². The van der Waals surface area contributed by atoms with E-state index in [-0.39, 0.29) is 6.61 Å². The topological polar surface area (TPSA) is 84.9 Å². The van der Waals surface area contributed by atoms with Crippen LogP contribution in [0, 0.1) is 0 Å². The van der Waals surface area contributed by atoms with E-state index in [4.69, 9.17) is 9.47 Å². The molecule has 0 saturated heterocycles. The fourth-order valence-electron chi connectivity index (χ4n) is 2.55. The normalized spacial score (nSPS) is 13.3. The molecule has 1 amide bonds. The first-order valence-electron chi connectivity index (χ1n) is 9.18. The van der Waals surface area contributed by atoms with Gasteiger partial charge in [-0.05, 0) is 44.9 Å². The Morgan fingerprint density at radius 3 is 2.14 bits per heavy atom. The highest BCUT2D eigenvalue weighted by Crippen LogP contribution is 2.11. The molecule has 28 heavy (non-hydrogen) atoms. The highest BCUT2D eigenvalue weighted by molar-refractivity contribution is 5.89. The van der Waals surface area contributed by atoms with Gasteiger partial charge in [-0.2, -0.15) is 0 Å². The predicted octanol–water partition coefficient (Wildman–Crippen LogP) is 3.34. The van der Waals surface area contributed by atoms with Gasteiger partial charge in [0.05, 0.1) is 11.6 Å². The molecule has 150 valence electrons. The lowest BCUT2D eigenvalue weighted by atomic mass is 10.0. The molecular weight excluding hydrogens is 358 g/mol. The summed E-state index contributed by atoms with van der Waals surface area (Å²) in [4.78, 5) is 24.3. The summed E-state index contributed by atoms with van der Waals surface area (Å²) in [7, 11) is 0. The maximum Gasteiger partial charge on any atom is 0.407 e. The minimum atomic E-state index is -1.10. The van der Waals surface area contributed by atoms with E-state index in [1.807, 2.05) is 30.3 Å². The van der Waals surface area contributed by atoms with Crippen molar-refractivity contribution in [3.63, 3.8) is 0 Å². The second kappa shape index (κ2) is 9.90. The van der Waals surface area contributed by atoms with Crippen molar-refractivity contribution in [2.24, 2.45) is 0 Å². The number of aliphatic hydroxyl groups is 1. The molecule has 0 heterocycles. The number of esters is 1. The number of ether oxygens (including phenoxy) is 2. The Morgan fingerprint density at radius 1 is 1.00 bits per heavy atom. The lowest BCUT2D eigenvalue weighted by molar-refractivity contribution is 0.0107. The monoisotopic (exact) mass is 385 g/mol. The molecule has 2 aromatic carbocycles. The van der Waals surface area contributed by atoms with Crippen molar-refractivity contribution in [3.8, 4) is 0 Å². The van der Waals surface area contributed by atoms with E-state index >= 15 is 0 Å². The van der Waals surface area contributed by atoms with Gasteiger partial charge < -0.3 is 19.9 Å². The number of hydrogen-bond donors (Lipinski definition) is 2. The summed E-state index contributed by atoms with van der Waals surface area (Å²) in [6, 6.07) is 17.3. The second-order valence-electron chi connectivity index (χ2n) is 7.47. The quantitative estimate of drug-likeness (QED) is 0.714. The third-order valence-corrected chi connectivity index (χ3v) is 3.86. The molecule has 2 rings (SSSR count). The van der Waals surface area contributed by atoms with Crippen LogP contribution in [0.1, 0.15) is 36.7 Å². The van der Waals surface area contributed by atoms with Crippen LogP contribution in [0.3, 0.4) is 0 Å². The molecule has 0 bridgehead atoms. The van der Waals surface area contributed by atoms with Gasteiger partial charge in [-0.3, -0.25) is 0 Å². The molecule has 0 radical (unpaired) electrons. The Labute approximate surface area is 165 Å². The number of carbonyl (C=O) groups excluding carboxylic acids is 2. The van der Waals surface area contributed by atoms with E-state index in [9.17, 15) is 14.7 Å². The van der Waals surface area contributed by atoms with Gasteiger partial charge in [-0.25, -0.2) is 9.59 Å². The number of carbonyl (C=O) groups is 2. The van der Waals surface area contributed by atoms with Crippen LogP contribution >= 0.6 is 0 Å². The van der Waals surface area contributed by atoms with Gasteiger partial charge in [0.2, 0.25) is 0 Å². The van der Waals surface area contributed by atoms with Crippen molar-refractivity contribution in [3.05, 3.63) is 71.8 Å². The fraction of sp³-hybridized carbons (Fsp3) is 0.364. The molecule has 0 aliphatic carbocycles. The van der Waals surface area contributed by atoms with Gasteiger partial charge >= 0.3 is 12.1 Å². The minimum absolute atomic E-state index is 0.249. The smallest absolute Gasteiger partial charge is 0.407 e. The molecule has 0 aromatic heterocycles. The molecule has 2 atom stereocenters. The van der Waals surface area contributed by atoms with Crippen LogP contribution in [-0.2, 0) is 15.9 Å². The van der Waals surface area contributed by atoms with Gasteiger partial charge in [-0.15, -0.1) is 0 Å². The van der Waals surface area contributed by atoms with E-state index in [2.05, 4.69) is 5.32 Å². The standard InChI is InChI=1S/C22H27NO5/c1-22(2,3)28-21(26)23-18(14-16-10-6-4-7-11-16)19(24)15-27-20(25)17-12-8-5-9-13-17/h4-13,18-19,24H,14-15H2,1-3H3,(H,23,26). The number of hydrogen-bond acceptors (Lipinski definition) is 5. The van der Waals surface area contributed by atoms with Crippen molar-refractivity contribution >= 4 is 12.1 Å². The summed E-state index contributed by atoms with van der Waals surface area (Å²) in [6.45, 7) is 5.03. The highest BCUT2D eigenvalue weighted by Gasteiger charge is 2.26. The molecule has 0 aliphatic heterocycles. The Hall–Kier alpha value is -2.86. The summed E-state index contributed by atoms with van der Waals surface area (Å²) >= 11 is 0. The maximum atomic E-state index is 12.2. The maximum absolute atomic E-state index is 12.2. The number of nitrogens with one attached hydrogen (secondary N) is 1. The lowest BCUT2D eigenvalue weighted by Gasteiger charge is -2.26. The molecule has 0 aliphatic rings. The van der Waals surface area contributed by atoms with Crippen molar-refractivity contribution in [2.75, 3.05) is 6.61 Å². The van der Waals surface area contributed by atoms with Gasteiger partial charge in [0.25, 0.3) is 0 Å². The zero-order valence-electron chi connectivity index (χ0n) is 16.4. The van der Waals surface area contributed by atoms with Gasteiger partial charge in [0.1, 0.15) is 18.3 Å². The molecule has 2 aromatic rings. The zero-order chi connectivity index (χ0) is 20.6. The minimum Gasteiger partial charge on any atom is -0.459 e. The van der Waals surface area contributed by atoms with Gasteiger partial charge in [-0.1, -0.05) is 48.5 Å². The summed E-state index contributed by atoms with van der Waals surface area (Å²) in [6.07, 6.45) is -1.37. The number of alkyl carbamates (subject to hydrolysis) is 1. The first-order valence-corrected chi connectivity index (χ1v) is 9.18. The van der Waals surface area contributed by atoms with Crippen LogP contribution < -0.4 is 5.32 Å². The van der Waals surface area contributed by atoms with Crippen molar-refractivity contribution in [1.82, 2.24) is 5.32 Å². The summed E-state index contributed by atoms with van der Waals surface area (Å²) in [5.74, 6) is -0.532. The Morgan fingerprint density at radius 2 is 1.57 bits per heavy atom. The Kier molecular flexibility index (Phi) is 7.58. The van der Waals surface area contributed by atoms with Crippen LogP contribution in [0.15, 0.2) is 60.7 Å². The van der Waals surface area contributed by atoms with E-state index in [0.29, 0.717) is 12.0 Å². The average molecular weight is 385 g/mol. The van der Waals surface area contributed by atoms with Gasteiger partial charge in [0.15, 0.2) is 0 Å². The van der Waals surface area contributed by atoms with Crippen LogP contribution in [0.2, 0.25) is 0 Å². The number of benzene rings is 2. The molecular formula is C22H27NO5. The summed E-state index contributed by atoms with van der Waals surface area (Å²) in [5, 5.41) is 13.2.